The number of hydrogen-bond acceptors (Lipinski definition) is 6. The van der Waals surface area contributed by atoms with Gasteiger partial charge in [-0.05, 0) is 48.9 Å². The highest BCUT2D eigenvalue weighted by Gasteiger charge is 2.24. The molecule has 2 aromatic carbocycles. The Labute approximate surface area is 207 Å². The summed E-state index contributed by atoms with van der Waals surface area (Å²) in [6.45, 7) is 4.33. The van der Waals surface area contributed by atoms with Crippen LogP contribution in [0.15, 0.2) is 61.3 Å². The van der Waals surface area contributed by atoms with E-state index in [1.165, 1.54) is 24.8 Å². The lowest BCUT2D eigenvalue weighted by molar-refractivity contribution is -0.130. The maximum atomic E-state index is 13.5. The molecule has 4 aromatic rings. The van der Waals surface area contributed by atoms with E-state index in [1.807, 2.05) is 45.7 Å². The van der Waals surface area contributed by atoms with Crippen LogP contribution in [0.25, 0.3) is 16.9 Å². The smallest absolute Gasteiger partial charge is 0.230 e. The third-order valence-corrected chi connectivity index (χ3v) is 6.47. The van der Waals surface area contributed by atoms with Gasteiger partial charge in [0.15, 0.2) is 0 Å². The number of aryl methyl sites for hydroxylation is 1. The molecule has 178 valence electrons. The van der Waals surface area contributed by atoms with Crippen molar-refractivity contribution in [2.75, 3.05) is 31.1 Å². The van der Waals surface area contributed by atoms with Gasteiger partial charge >= 0.3 is 0 Å². The van der Waals surface area contributed by atoms with Crippen LogP contribution in [0.1, 0.15) is 11.4 Å². The monoisotopic (exact) mass is 491 g/mol. The lowest BCUT2D eigenvalue weighted by Crippen LogP contribution is -2.49. The molecule has 0 spiro atoms. The molecule has 35 heavy (non-hydrogen) atoms. The molecule has 0 saturated carbocycles. The summed E-state index contributed by atoms with van der Waals surface area (Å²) < 4.78 is 15.4. The van der Waals surface area contributed by atoms with Gasteiger partial charge in [0.25, 0.3) is 0 Å². The Morgan fingerprint density at radius 2 is 1.74 bits per heavy atom. The second kappa shape index (κ2) is 9.79. The Bertz CT molecular complexity index is 1340. The number of nitrogens with zero attached hydrogens (tertiary/aromatic N) is 7. The minimum atomic E-state index is -0.323. The van der Waals surface area contributed by atoms with Crippen LogP contribution in [-0.2, 0) is 11.2 Å². The Morgan fingerprint density at radius 3 is 2.43 bits per heavy atom. The summed E-state index contributed by atoms with van der Waals surface area (Å²) in [4.78, 5) is 34.1. The Hall–Kier alpha value is -3.85. The fourth-order valence-corrected chi connectivity index (χ4v) is 4.23. The van der Waals surface area contributed by atoms with Crippen molar-refractivity contribution >= 4 is 23.5 Å². The standard InChI is InChI=1S/C25H23ClFN7O/c1-17-12-18(2-7-21(17)26)22-14-34(20-5-3-19(27)4-6-20)23(31-22)13-24(35)32-8-10-33(11-9-32)25-29-15-28-16-30-25/h2-7,12,14-16H,8-11,13H2,1H3. The Kier molecular flexibility index (Phi) is 6.41. The predicted octanol–water partition coefficient (Wildman–Crippen LogP) is 3.72. The molecule has 2 aromatic heterocycles. The van der Waals surface area contributed by atoms with Gasteiger partial charge in [0.2, 0.25) is 11.9 Å². The van der Waals surface area contributed by atoms with E-state index >= 15 is 0 Å². The summed E-state index contributed by atoms with van der Waals surface area (Å²) in [7, 11) is 0. The Balaban J connectivity index is 1.38. The third kappa shape index (κ3) is 5.00. The van der Waals surface area contributed by atoms with Crippen molar-refractivity contribution in [2.45, 2.75) is 13.3 Å². The fraction of sp³-hybridized carbons (Fsp3) is 0.240. The van der Waals surface area contributed by atoms with Crippen LogP contribution in [0.2, 0.25) is 5.02 Å². The lowest BCUT2D eigenvalue weighted by Gasteiger charge is -2.34. The van der Waals surface area contributed by atoms with Gasteiger partial charge in [-0.15, -0.1) is 0 Å². The molecule has 1 aliphatic rings. The number of anilines is 1. The summed E-state index contributed by atoms with van der Waals surface area (Å²) >= 11 is 6.19. The van der Waals surface area contributed by atoms with Crippen LogP contribution >= 0.6 is 11.6 Å². The molecule has 1 aliphatic heterocycles. The van der Waals surface area contributed by atoms with E-state index in [4.69, 9.17) is 16.6 Å². The molecule has 1 fully saturated rings. The number of imidazole rings is 1. The second-order valence-electron chi connectivity index (χ2n) is 8.34. The second-order valence-corrected chi connectivity index (χ2v) is 8.74. The minimum Gasteiger partial charge on any atom is -0.339 e. The molecular weight excluding hydrogens is 469 g/mol. The topological polar surface area (TPSA) is 80.0 Å². The predicted molar refractivity (Wildman–Crippen MR) is 131 cm³/mol. The van der Waals surface area contributed by atoms with E-state index in [0.29, 0.717) is 43.0 Å². The van der Waals surface area contributed by atoms with Gasteiger partial charge < -0.3 is 14.4 Å². The van der Waals surface area contributed by atoms with Crippen LogP contribution < -0.4 is 4.90 Å². The molecule has 0 radical (unpaired) electrons. The zero-order chi connectivity index (χ0) is 24.4. The van der Waals surface area contributed by atoms with Crippen molar-refractivity contribution in [1.82, 2.24) is 29.4 Å². The molecule has 1 saturated heterocycles. The molecule has 0 unspecified atom stereocenters. The molecule has 0 bridgehead atoms. The van der Waals surface area contributed by atoms with Crippen LogP contribution in [0.3, 0.4) is 0 Å². The molecule has 0 N–H and O–H groups in total. The highest BCUT2D eigenvalue weighted by Crippen LogP contribution is 2.26. The summed E-state index contributed by atoms with van der Waals surface area (Å²) in [5, 5.41) is 0.679. The van der Waals surface area contributed by atoms with E-state index in [9.17, 15) is 9.18 Å². The normalized spacial score (nSPS) is 13.8. The third-order valence-electron chi connectivity index (χ3n) is 6.04. The van der Waals surface area contributed by atoms with Gasteiger partial charge in [0.1, 0.15) is 24.3 Å². The van der Waals surface area contributed by atoms with Gasteiger partial charge in [0.05, 0.1) is 12.1 Å². The fourth-order valence-electron chi connectivity index (χ4n) is 4.11. The van der Waals surface area contributed by atoms with E-state index in [-0.39, 0.29) is 18.1 Å². The first-order chi connectivity index (χ1) is 17.0. The van der Waals surface area contributed by atoms with Crippen molar-refractivity contribution in [3.63, 3.8) is 0 Å². The minimum absolute atomic E-state index is 0.0203. The van der Waals surface area contributed by atoms with Crippen molar-refractivity contribution in [3.05, 3.63) is 83.5 Å². The number of aromatic nitrogens is 5. The van der Waals surface area contributed by atoms with Crippen molar-refractivity contribution in [3.8, 4) is 16.9 Å². The number of halogens is 2. The number of piperazine rings is 1. The molecule has 0 aliphatic carbocycles. The molecule has 1 amide bonds. The summed E-state index contributed by atoms with van der Waals surface area (Å²) in [5.74, 6) is 0.857. The van der Waals surface area contributed by atoms with Crippen LogP contribution in [-0.4, -0.2) is 61.5 Å². The number of amides is 1. The van der Waals surface area contributed by atoms with E-state index in [1.54, 1.807) is 12.1 Å². The quantitative estimate of drug-likeness (QED) is 0.423. The van der Waals surface area contributed by atoms with Crippen molar-refractivity contribution in [2.24, 2.45) is 0 Å². The molecule has 10 heteroatoms. The van der Waals surface area contributed by atoms with Crippen molar-refractivity contribution in [1.29, 1.82) is 0 Å². The van der Waals surface area contributed by atoms with Crippen LogP contribution in [0.4, 0.5) is 10.3 Å². The highest BCUT2D eigenvalue weighted by molar-refractivity contribution is 6.31. The number of hydrogen-bond donors (Lipinski definition) is 0. The van der Waals surface area contributed by atoms with Crippen molar-refractivity contribution < 1.29 is 9.18 Å². The van der Waals surface area contributed by atoms with E-state index in [0.717, 1.165) is 22.5 Å². The molecule has 3 heterocycles. The first kappa shape index (κ1) is 22.9. The maximum absolute atomic E-state index is 13.5. The first-order valence-corrected chi connectivity index (χ1v) is 11.6. The van der Waals surface area contributed by atoms with Gasteiger partial charge in [-0.3, -0.25) is 4.79 Å². The number of rotatable bonds is 5. The molecule has 8 nitrogen and oxygen atoms in total. The van der Waals surface area contributed by atoms with Gasteiger partial charge in [0, 0.05) is 48.6 Å². The van der Waals surface area contributed by atoms with Crippen LogP contribution in [0.5, 0.6) is 0 Å². The Morgan fingerprint density at radius 1 is 1.03 bits per heavy atom. The van der Waals surface area contributed by atoms with Gasteiger partial charge in [-0.25, -0.2) is 24.3 Å². The van der Waals surface area contributed by atoms with Gasteiger partial charge in [-0.1, -0.05) is 17.7 Å². The highest BCUT2D eigenvalue weighted by atomic mass is 35.5. The zero-order valence-electron chi connectivity index (χ0n) is 19.1. The molecular formula is C25H23ClFN7O. The van der Waals surface area contributed by atoms with Gasteiger partial charge in [-0.2, -0.15) is 0 Å². The maximum Gasteiger partial charge on any atom is 0.230 e. The molecule has 5 rings (SSSR count). The average Bonchev–Trinajstić information content (AvgIpc) is 3.30. The SMILES string of the molecule is Cc1cc(-c2cn(-c3ccc(F)cc3)c(CC(=O)N3CCN(c4ncncn4)CC3)n2)ccc1Cl. The average molecular weight is 492 g/mol. The number of carbonyl (C=O) groups excluding carboxylic acids is 1. The van der Waals surface area contributed by atoms with E-state index < -0.39 is 0 Å². The first-order valence-electron chi connectivity index (χ1n) is 11.2. The largest absolute Gasteiger partial charge is 0.339 e. The van der Waals surface area contributed by atoms with E-state index in [2.05, 4.69) is 15.0 Å². The summed E-state index contributed by atoms with van der Waals surface area (Å²) in [5.41, 5.74) is 3.29. The summed E-state index contributed by atoms with van der Waals surface area (Å²) in [6.07, 6.45) is 4.93. The zero-order valence-corrected chi connectivity index (χ0v) is 19.9. The summed E-state index contributed by atoms with van der Waals surface area (Å²) in [6, 6.07) is 11.8. The number of carbonyl (C=O) groups is 1. The number of benzene rings is 2. The lowest BCUT2D eigenvalue weighted by atomic mass is 10.1. The van der Waals surface area contributed by atoms with Crippen LogP contribution in [0, 0.1) is 12.7 Å². The molecule has 0 atom stereocenters.